The second-order valence-electron chi connectivity index (χ2n) is 4.46. The lowest BCUT2D eigenvalue weighted by Crippen LogP contribution is -2.43. The fourth-order valence-corrected chi connectivity index (χ4v) is 1.69. The highest BCUT2D eigenvalue weighted by Crippen LogP contribution is 2.26. The summed E-state index contributed by atoms with van der Waals surface area (Å²) < 4.78 is 10.8. The third-order valence-corrected chi connectivity index (χ3v) is 2.79. The standard InChI is InChI=1S/C11H21ClO2/c1-11(9-14-10-11)8-13-7-5-3-2-4-6-12/h2-10H2,1H3. The van der Waals surface area contributed by atoms with Crippen molar-refractivity contribution in [2.45, 2.75) is 32.6 Å². The molecular weight excluding hydrogens is 200 g/mol. The topological polar surface area (TPSA) is 18.5 Å². The van der Waals surface area contributed by atoms with Crippen LogP contribution in [-0.2, 0) is 9.47 Å². The summed E-state index contributed by atoms with van der Waals surface area (Å²) in [6, 6.07) is 0. The van der Waals surface area contributed by atoms with Gasteiger partial charge in [-0.15, -0.1) is 11.6 Å². The smallest absolute Gasteiger partial charge is 0.0564 e. The van der Waals surface area contributed by atoms with Crippen LogP contribution in [0, 0.1) is 5.41 Å². The molecule has 0 aromatic carbocycles. The SMILES string of the molecule is CC1(COCCCCCCCl)COC1. The zero-order valence-corrected chi connectivity index (χ0v) is 9.81. The van der Waals surface area contributed by atoms with Crippen LogP contribution in [0.4, 0.5) is 0 Å². The fraction of sp³-hybridized carbons (Fsp3) is 1.00. The van der Waals surface area contributed by atoms with Crippen LogP contribution in [-0.4, -0.2) is 32.3 Å². The summed E-state index contributed by atoms with van der Waals surface area (Å²) in [6.45, 7) is 5.67. The Bertz CT molecular complexity index is 146. The first-order valence-electron chi connectivity index (χ1n) is 5.48. The van der Waals surface area contributed by atoms with E-state index in [1.165, 1.54) is 12.8 Å². The number of unbranched alkanes of at least 4 members (excludes halogenated alkanes) is 3. The largest absolute Gasteiger partial charge is 0.381 e. The lowest BCUT2D eigenvalue weighted by molar-refractivity contribution is -0.137. The van der Waals surface area contributed by atoms with Crippen molar-refractivity contribution >= 4 is 11.6 Å². The summed E-state index contributed by atoms with van der Waals surface area (Å²) in [5, 5.41) is 0. The zero-order valence-electron chi connectivity index (χ0n) is 9.06. The van der Waals surface area contributed by atoms with E-state index >= 15 is 0 Å². The molecule has 1 saturated heterocycles. The van der Waals surface area contributed by atoms with Gasteiger partial charge < -0.3 is 9.47 Å². The molecule has 1 fully saturated rings. The number of hydrogen-bond donors (Lipinski definition) is 0. The first-order chi connectivity index (χ1) is 6.77. The minimum atomic E-state index is 0.302. The van der Waals surface area contributed by atoms with E-state index in [1.807, 2.05) is 0 Å². The number of halogens is 1. The molecule has 0 unspecified atom stereocenters. The average Bonchev–Trinajstić information content (AvgIpc) is 2.14. The molecule has 1 aliphatic heterocycles. The third kappa shape index (κ3) is 4.63. The Labute approximate surface area is 91.9 Å². The first kappa shape index (κ1) is 12.3. The Kier molecular flexibility index (Phi) is 5.83. The van der Waals surface area contributed by atoms with Gasteiger partial charge >= 0.3 is 0 Å². The normalized spacial score (nSPS) is 19.3. The predicted octanol–water partition coefficient (Wildman–Crippen LogP) is 2.84. The van der Waals surface area contributed by atoms with Gasteiger partial charge in [0.05, 0.1) is 19.8 Å². The maximum absolute atomic E-state index is 5.61. The van der Waals surface area contributed by atoms with Crippen LogP contribution in [0.3, 0.4) is 0 Å². The minimum absolute atomic E-state index is 0.302. The van der Waals surface area contributed by atoms with Gasteiger partial charge in [-0.2, -0.15) is 0 Å². The van der Waals surface area contributed by atoms with Gasteiger partial charge in [-0.3, -0.25) is 0 Å². The van der Waals surface area contributed by atoms with E-state index in [9.17, 15) is 0 Å². The maximum Gasteiger partial charge on any atom is 0.0564 e. The molecule has 0 aromatic rings. The highest BCUT2D eigenvalue weighted by atomic mass is 35.5. The van der Waals surface area contributed by atoms with Gasteiger partial charge in [0.1, 0.15) is 0 Å². The second kappa shape index (κ2) is 6.65. The van der Waals surface area contributed by atoms with Crippen molar-refractivity contribution in [2.75, 3.05) is 32.3 Å². The highest BCUT2D eigenvalue weighted by molar-refractivity contribution is 6.17. The minimum Gasteiger partial charge on any atom is -0.381 e. The van der Waals surface area contributed by atoms with Crippen LogP contribution < -0.4 is 0 Å². The van der Waals surface area contributed by atoms with Gasteiger partial charge in [-0.05, 0) is 12.8 Å². The zero-order chi connectivity index (χ0) is 10.3. The molecule has 0 aliphatic carbocycles. The molecule has 1 rings (SSSR count). The van der Waals surface area contributed by atoms with Crippen molar-refractivity contribution in [1.29, 1.82) is 0 Å². The number of hydrogen-bond acceptors (Lipinski definition) is 2. The molecule has 0 bridgehead atoms. The lowest BCUT2D eigenvalue weighted by atomic mass is 9.90. The molecule has 2 nitrogen and oxygen atoms in total. The van der Waals surface area contributed by atoms with E-state index in [2.05, 4.69) is 6.92 Å². The summed E-state index contributed by atoms with van der Waals surface area (Å²) in [5.41, 5.74) is 0.302. The van der Waals surface area contributed by atoms with E-state index in [1.54, 1.807) is 0 Å². The molecular formula is C11H21ClO2. The van der Waals surface area contributed by atoms with Crippen molar-refractivity contribution in [3.63, 3.8) is 0 Å². The maximum atomic E-state index is 5.61. The van der Waals surface area contributed by atoms with E-state index < -0.39 is 0 Å². The molecule has 1 heterocycles. The van der Waals surface area contributed by atoms with Crippen molar-refractivity contribution in [3.8, 4) is 0 Å². The summed E-state index contributed by atoms with van der Waals surface area (Å²) in [5.74, 6) is 0.788. The number of rotatable bonds is 8. The average molecular weight is 221 g/mol. The van der Waals surface area contributed by atoms with E-state index in [0.717, 1.165) is 45.1 Å². The molecule has 14 heavy (non-hydrogen) atoms. The molecule has 0 radical (unpaired) electrons. The van der Waals surface area contributed by atoms with Crippen LogP contribution in [0.15, 0.2) is 0 Å². The number of ether oxygens (including phenoxy) is 2. The Morgan fingerprint density at radius 3 is 2.50 bits per heavy atom. The van der Waals surface area contributed by atoms with Gasteiger partial charge in [0, 0.05) is 17.9 Å². The quantitative estimate of drug-likeness (QED) is 0.463. The molecule has 0 N–H and O–H groups in total. The van der Waals surface area contributed by atoms with Gasteiger partial charge in [0.15, 0.2) is 0 Å². The van der Waals surface area contributed by atoms with Crippen molar-refractivity contribution in [3.05, 3.63) is 0 Å². The van der Waals surface area contributed by atoms with Crippen molar-refractivity contribution in [2.24, 2.45) is 5.41 Å². The van der Waals surface area contributed by atoms with Crippen molar-refractivity contribution < 1.29 is 9.47 Å². The van der Waals surface area contributed by atoms with Crippen LogP contribution >= 0.6 is 11.6 Å². The Hall–Kier alpha value is 0.210. The molecule has 84 valence electrons. The molecule has 3 heteroatoms. The van der Waals surface area contributed by atoms with E-state index in [0.29, 0.717) is 5.41 Å². The monoisotopic (exact) mass is 220 g/mol. The first-order valence-corrected chi connectivity index (χ1v) is 6.02. The Morgan fingerprint density at radius 1 is 1.21 bits per heavy atom. The lowest BCUT2D eigenvalue weighted by Gasteiger charge is -2.37. The van der Waals surface area contributed by atoms with Crippen LogP contribution in [0.1, 0.15) is 32.6 Å². The van der Waals surface area contributed by atoms with Gasteiger partial charge in [-0.1, -0.05) is 19.8 Å². The van der Waals surface area contributed by atoms with E-state index in [4.69, 9.17) is 21.1 Å². The Morgan fingerprint density at radius 2 is 1.93 bits per heavy atom. The summed E-state index contributed by atoms with van der Waals surface area (Å²) >= 11 is 5.58. The molecule has 0 atom stereocenters. The molecule has 0 spiro atoms. The van der Waals surface area contributed by atoms with Gasteiger partial charge in [0.25, 0.3) is 0 Å². The van der Waals surface area contributed by atoms with Crippen LogP contribution in [0.5, 0.6) is 0 Å². The molecule has 1 aliphatic rings. The summed E-state index contributed by atoms with van der Waals surface area (Å²) in [7, 11) is 0. The van der Waals surface area contributed by atoms with Gasteiger partial charge in [0.2, 0.25) is 0 Å². The summed E-state index contributed by atoms with van der Waals surface area (Å²) in [4.78, 5) is 0. The fourth-order valence-electron chi connectivity index (χ4n) is 1.50. The second-order valence-corrected chi connectivity index (χ2v) is 4.84. The predicted molar refractivity (Wildman–Crippen MR) is 58.9 cm³/mol. The third-order valence-electron chi connectivity index (χ3n) is 2.52. The van der Waals surface area contributed by atoms with E-state index in [-0.39, 0.29) is 0 Å². The van der Waals surface area contributed by atoms with Crippen LogP contribution in [0.2, 0.25) is 0 Å². The summed E-state index contributed by atoms with van der Waals surface area (Å²) in [6.07, 6.45) is 4.76. The molecule has 0 amide bonds. The molecule has 0 aromatic heterocycles. The molecule has 0 saturated carbocycles. The van der Waals surface area contributed by atoms with Crippen molar-refractivity contribution in [1.82, 2.24) is 0 Å². The highest BCUT2D eigenvalue weighted by Gasteiger charge is 2.33. The van der Waals surface area contributed by atoms with Crippen LogP contribution in [0.25, 0.3) is 0 Å². The number of alkyl halides is 1. The van der Waals surface area contributed by atoms with Gasteiger partial charge in [-0.25, -0.2) is 0 Å². The Balaban J connectivity index is 1.80.